The quantitative estimate of drug-likeness (QED) is 0.880. The van der Waals surface area contributed by atoms with E-state index in [1.165, 1.54) is 6.07 Å². The number of nitrogens with one attached hydrogen (secondary N) is 1. The van der Waals surface area contributed by atoms with E-state index in [0.29, 0.717) is 12.2 Å². The van der Waals surface area contributed by atoms with Gasteiger partial charge in [0.15, 0.2) is 0 Å². The van der Waals surface area contributed by atoms with Crippen molar-refractivity contribution in [3.05, 3.63) is 45.4 Å². The Bertz CT molecular complexity index is 607. The molecular weight excluding hydrogens is 321 g/mol. The first-order valence-electron chi connectivity index (χ1n) is 6.80. The molecule has 108 valence electrons. The monoisotopic (exact) mass is 339 g/mol. The van der Waals surface area contributed by atoms with Crippen LogP contribution in [-0.4, -0.2) is 9.78 Å². The van der Waals surface area contributed by atoms with Crippen molar-refractivity contribution in [2.75, 3.05) is 5.32 Å². The number of hydrogen-bond acceptors (Lipinski definition) is 2. The summed E-state index contributed by atoms with van der Waals surface area (Å²) < 4.78 is 16.7. The molecule has 0 saturated heterocycles. The minimum atomic E-state index is -0.231. The van der Waals surface area contributed by atoms with Gasteiger partial charge in [-0.15, -0.1) is 0 Å². The third kappa shape index (κ3) is 3.03. The molecule has 0 radical (unpaired) electrons. The Morgan fingerprint density at radius 3 is 2.75 bits per heavy atom. The van der Waals surface area contributed by atoms with Crippen LogP contribution >= 0.6 is 15.9 Å². The molecule has 0 aliphatic rings. The highest BCUT2D eigenvalue weighted by molar-refractivity contribution is 9.10. The van der Waals surface area contributed by atoms with Crippen LogP contribution in [0.25, 0.3) is 0 Å². The van der Waals surface area contributed by atoms with Crippen molar-refractivity contribution >= 4 is 21.6 Å². The van der Waals surface area contributed by atoms with Gasteiger partial charge in [0.25, 0.3) is 0 Å². The molecule has 0 spiro atoms. The van der Waals surface area contributed by atoms with Gasteiger partial charge in [-0.05, 0) is 53.9 Å². The number of hydrogen-bond donors (Lipinski definition) is 1. The number of halogens is 2. The summed E-state index contributed by atoms with van der Waals surface area (Å²) in [4.78, 5) is 0. The van der Waals surface area contributed by atoms with Crippen molar-refractivity contribution < 1.29 is 4.39 Å². The summed E-state index contributed by atoms with van der Waals surface area (Å²) in [6.45, 7) is 7.42. The highest BCUT2D eigenvalue weighted by atomic mass is 79.9. The lowest BCUT2D eigenvalue weighted by atomic mass is 10.2. The number of aryl methyl sites for hydroxylation is 3. The lowest BCUT2D eigenvalue weighted by Gasteiger charge is -2.10. The van der Waals surface area contributed by atoms with Crippen molar-refractivity contribution in [3.63, 3.8) is 0 Å². The lowest BCUT2D eigenvalue weighted by molar-refractivity contribution is 0.613. The van der Waals surface area contributed by atoms with Crippen LogP contribution in [0.2, 0.25) is 0 Å². The second kappa shape index (κ2) is 6.39. The Labute approximate surface area is 127 Å². The molecular formula is C15H19BrFN3. The SMILES string of the molecule is CCc1nn(CC)c(CNc2cc(C)ccc2F)c1Br. The van der Waals surface area contributed by atoms with Crippen molar-refractivity contribution in [1.82, 2.24) is 9.78 Å². The van der Waals surface area contributed by atoms with Crippen LogP contribution in [0.15, 0.2) is 22.7 Å². The van der Waals surface area contributed by atoms with Gasteiger partial charge in [-0.3, -0.25) is 4.68 Å². The van der Waals surface area contributed by atoms with Crippen molar-refractivity contribution in [2.24, 2.45) is 0 Å². The first kappa shape index (κ1) is 15.0. The van der Waals surface area contributed by atoms with E-state index in [0.717, 1.165) is 34.4 Å². The van der Waals surface area contributed by atoms with Gasteiger partial charge in [0.1, 0.15) is 5.82 Å². The Morgan fingerprint density at radius 1 is 1.35 bits per heavy atom. The van der Waals surface area contributed by atoms with Crippen LogP contribution in [0.3, 0.4) is 0 Å². The van der Waals surface area contributed by atoms with Crippen LogP contribution in [0.4, 0.5) is 10.1 Å². The van der Waals surface area contributed by atoms with Crippen molar-refractivity contribution in [2.45, 2.75) is 40.3 Å². The largest absolute Gasteiger partial charge is 0.377 e. The fourth-order valence-electron chi connectivity index (χ4n) is 2.14. The average molecular weight is 340 g/mol. The maximum absolute atomic E-state index is 13.7. The van der Waals surface area contributed by atoms with Crippen molar-refractivity contribution in [3.8, 4) is 0 Å². The van der Waals surface area contributed by atoms with E-state index >= 15 is 0 Å². The molecule has 20 heavy (non-hydrogen) atoms. The third-order valence-corrected chi connectivity index (χ3v) is 4.18. The number of nitrogens with zero attached hydrogens (tertiary/aromatic N) is 2. The standard InChI is InChI=1S/C15H19BrFN3/c1-4-12-15(16)14(20(5-2)19-12)9-18-13-8-10(3)6-7-11(13)17/h6-8,18H,4-5,9H2,1-3H3. The number of aromatic nitrogens is 2. The summed E-state index contributed by atoms with van der Waals surface area (Å²) >= 11 is 3.59. The van der Waals surface area contributed by atoms with Crippen LogP contribution < -0.4 is 5.32 Å². The molecule has 1 N–H and O–H groups in total. The summed E-state index contributed by atoms with van der Waals surface area (Å²) in [7, 11) is 0. The molecule has 0 amide bonds. The van der Waals surface area contributed by atoms with Gasteiger partial charge >= 0.3 is 0 Å². The molecule has 0 aliphatic heterocycles. The van der Waals surface area contributed by atoms with Crippen molar-refractivity contribution in [1.29, 1.82) is 0 Å². The van der Waals surface area contributed by atoms with E-state index in [4.69, 9.17) is 0 Å². The van der Waals surface area contributed by atoms with Crippen LogP contribution in [0, 0.1) is 12.7 Å². The fraction of sp³-hybridized carbons (Fsp3) is 0.400. The Morgan fingerprint density at radius 2 is 2.10 bits per heavy atom. The molecule has 0 unspecified atom stereocenters. The molecule has 0 aliphatic carbocycles. The van der Waals surface area contributed by atoms with E-state index < -0.39 is 0 Å². The normalized spacial score (nSPS) is 10.8. The predicted molar refractivity (Wildman–Crippen MR) is 83.4 cm³/mol. The molecule has 2 aromatic rings. The van der Waals surface area contributed by atoms with Gasteiger partial charge in [0.05, 0.1) is 28.1 Å². The minimum absolute atomic E-state index is 0.231. The number of benzene rings is 1. The van der Waals surface area contributed by atoms with E-state index in [1.54, 1.807) is 6.07 Å². The van der Waals surface area contributed by atoms with Gasteiger partial charge < -0.3 is 5.32 Å². The van der Waals surface area contributed by atoms with E-state index in [1.807, 2.05) is 17.7 Å². The fourth-order valence-corrected chi connectivity index (χ4v) is 2.84. The second-order valence-electron chi connectivity index (χ2n) is 4.71. The second-order valence-corrected chi connectivity index (χ2v) is 5.51. The molecule has 1 heterocycles. The minimum Gasteiger partial charge on any atom is -0.377 e. The Balaban J connectivity index is 2.22. The zero-order valence-corrected chi connectivity index (χ0v) is 13.6. The zero-order valence-electron chi connectivity index (χ0n) is 12.0. The molecule has 0 atom stereocenters. The molecule has 2 rings (SSSR count). The lowest BCUT2D eigenvalue weighted by Crippen LogP contribution is -2.09. The average Bonchev–Trinajstić information content (AvgIpc) is 2.75. The summed E-state index contributed by atoms with van der Waals surface area (Å²) in [6.07, 6.45) is 0.874. The summed E-state index contributed by atoms with van der Waals surface area (Å²) in [5, 5.41) is 7.69. The summed E-state index contributed by atoms with van der Waals surface area (Å²) in [6, 6.07) is 5.07. The van der Waals surface area contributed by atoms with Gasteiger partial charge in [-0.2, -0.15) is 5.10 Å². The van der Waals surface area contributed by atoms with Crippen LogP contribution in [0.5, 0.6) is 0 Å². The molecule has 1 aromatic heterocycles. The van der Waals surface area contributed by atoms with E-state index in [-0.39, 0.29) is 5.82 Å². The highest BCUT2D eigenvalue weighted by Crippen LogP contribution is 2.24. The third-order valence-electron chi connectivity index (χ3n) is 3.26. The molecule has 0 bridgehead atoms. The van der Waals surface area contributed by atoms with Crippen LogP contribution in [0.1, 0.15) is 30.8 Å². The first-order valence-corrected chi connectivity index (χ1v) is 7.60. The summed E-state index contributed by atoms with van der Waals surface area (Å²) in [5.41, 5.74) is 3.64. The Kier molecular flexibility index (Phi) is 4.81. The molecule has 3 nitrogen and oxygen atoms in total. The maximum atomic E-state index is 13.7. The topological polar surface area (TPSA) is 29.9 Å². The maximum Gasteiger partial charge on any atom is 0.146 e. The summed E-state index contributed by atoms with van der Waals surface area (Å²) in [5.74, 6) is -0.231. The molecule has 1 aromatic carbocycles. The van der Waals surface area contributed by atoms with Gasteiger partial charge in [0.2, 0.25) is 0 Å². The molecule has 0 fully saturated rings. The smallest absolute Gasteiger partial charge is 0.146 e. The molecule has 5 heteroatoms. The predicted octanol–water partition coefficient (Wildman–Crippen LogP) is 4.29. The molecule has 0 saturated carbocycles. The Hall–Kier alpha value is -1.36. The zero-order chi connectivity index (χ0) is 14.7. The van der Waals surface area contributed by atoms with E-state index in [9.17, 15) is 4.39 Å². The number of rotatable bonds is 5. The van der Waals surface area contributed by atoms with Crippen LogP contribution in [-0.2, 0) is 19.5 Å². The van der Waals surface area contributed by atoms with E-state index in [2.05, 4.69) is 40.2 Å². The number of anilines is 1. The van der Waals surface area contributed by atoms with Gasteiger partial charge in [-0.1, -0.05) is 13.0 Å². The first-order chi connectivity index (χ1) is 9.56. The van der Waals surface area contributed by atoms with Gasteiger partial charge in [0, 0.05) is 6.54 Å². The van der Waals surface area contributed by atoms with Gasteiger partial charge in [-0.25, -0.2) is 4.39 Å². The highest BCUT2D eigenvalue weighted by Gasteiger charge is 2.14.